The number of aryl methyl sites for hydroxylation is 1. The second-order valence-corrected chi connectivity index (χ2v) is 6.71. The third kappa shape index (κ3) is 4.00. The van der Waals surface area contributed by atoms with Crippen LogP contribution in [0.1, 0.15) is 34.5 Å². The fourth-order valence-electron chi connectivity index (χ4n) is 2.89. The maximum Gasteiger partial charge on any atom is 0.328 e. The third-order valence-electron chi connectivity index (χ3n) is 4.12. The molecule has 126 valence electrons. The van der Waals surface area contributed by atoms with Crippen molar-refractivity contribution in [3.63, 3.8) is 0 Å². The molecule has 1 atom stereocenters. The van der Waals surface area contributed by atoms with Crippen LogP contribution in [0.2, 0.25) is 0 Å². The van der Waals surface area contributed by atoms with Crippen LogP contribution in [0.25, 0.3) is 0 Å². The Kier molecular flexibility index (Phi) is 5.59. The first-order valence-electron chi connectivity index (χ1n) is 8.16. The van der Waals surface area contributed by atoms with E-state index in [1.54, 1.807) is 23.4 Å². The first-order chi connectivity index (χ1) is 11.8. The Labute approximate surface area is 145 Å². The molecule has 1 saturated heterocycles. The minimum atomic E-state index is -0.444. The number of hydrogen-bond acceptors (Lipinski definition) is 5. The van der Waals surface area contributed by atoms with E-state index in [0.29, 0.717) is 24.4 Å². The molecule has 1 aliphatic rings. The standard InChI is InChI=1S/C18H20N2O3S/c21-17(16-6-3-13-24-16)20-11-1-5-15(20)18(22)23-12-2-4-14-7-9-19-10-8-14/h3,6-10,13,15H,1-2,4-5,11-12H2. The second-order valence-electron chi connectivity index (χ2n) is 5.76. The molecule has 1 unspecified atom stereocenters. The van der Waals surface area contributed by atoms with Crippen molar-refractivity contribution in [1.29, 1.82) is 0 Å². The van der Waals surface area contributed by atoms with Crippen LogP contribution in [0.15, 0.2) is 42.0 Å². The summed E-state index contributed by atoms with van der Waals surface area (Å²) in [5.41, 5.74) is 1.18. The summed E-state index contributed by atoms with van der Waals surface area (Å²) in [5.74, 6) is -0.353. The Morgan fingerprint density at radius 2 is 2.12 bits per heavy atom. The highest BCUT2D eigenvalue weighted by Crippen LogP contribution is 2.23. The highest BCUT2D eigenvalue weighted by molar-refractivity contribution is 7.12. The largest absolute Gasteiger partial charge is 0.464 e. The van der Waals surface area contributed by atoms with Gasteiger partial charge in [-0.15, -0.1) is 11.3 Å². The van der Waals surface area contributed by atoms with E-state index in [9.17, 15) is 9.59 Å². The Bertz CT molecular complexity index is 673. The molecule has 5 nitrogen and oxygen atoms in total. The maximum atomic E-state index is 12.5. The lowest BCUT2D eigenvalue weighted by molar-refractivity contribution is -0.148. The van der Waals surface area contributed by atoms with Gasteiger partial charge < -0.3 is 9.64 Å². The van der Waals surface area contributed by atoms with Crippen molar-refractivity contribution in [3.05, 3.63) is 52.5 Å². The topological polar surface area (TPSA) is 59.5 Å². The van der Waals surface area contributed by atoms with Crippen molar-refractivity contribution in [2.75, 3.05) is 13.2 Å². The molecule has 0 radical (unpaired) electrons. The first kappa shape index (κ1) is 16.6. The molecule has 2 aromatic rings. The van der Waals surface area contributed by atoms with Crippen molar-refractivity contribution in [2.24, 2.45) is 0 Å². The first-order valence-corrected chi connectivity index (χ1v) is 9.03. The lowest BCUT2D eigenvalue weighted by Crippen LogP contribution is -2.41. The molecule has 0 bridgehead atoms. The van der Waals surface area contributed by atoms with Gasteiger partial charge in [0, 0.05) is 18.9 Å². The number of carbonyl (C=O) groups is 2. The Morgan fingerprint density at radius 3 is 2.88 bits per heavy atom. The van der Waals surface area contributed by atoms with Gasteiger partial charge in [0.25, 0.3) is 5.91 Å². The summed E-state index contributed by atoms with van der Waals surface area (Å²) in [4.78, 5) is 31.1. The van der Waals surface area contributed by atoms with Crippen molar-refractivity contribution in [2.45, 2.75) is 31.7 Å². The molecule has 0 saturated carbocycles. The van der Waals surface area contributed by atoms with Gasteiger partial charge >= 0.3 is 5.97 Å². The maximum absolute atomic E-state index is 12.5. The van der Waals surface area contributed by atoms with Crippen LogP contribution in [0.4, 0.5) is 0 Å². The average Bonchev–Trinajstić information content (AvgIpc) is 3.30. The van der Waals surface area contributed by atoms with E-state index in [4.69, 9.17) is 4.74 Å². The van der Waals surface area contributed by atoms with E-state index in [2.05, 4.69) is 4.98 Å². The van der Waals surface area contributed by atoms with E-state index >= 15 is 0 Å². The summed E-state index contributed by atoms with van der Waals surface area (Å²) in [5, 5.41) is 1.87. The Morgan fingerprint density at radius 1 is 1.29 bits per heavy atom. The number of likely N-dealkylation sites (tertiary alicyclic amines) is 1. The zero-order valence-corrected chi connectivity index (χ0v) is 14.2. The third-order valence-corrected chi connectivity index (χ3v) is 4.98. The van der Waals surface area contributed by atoms with Crippen LogP contribution in [-0.2, 0) is 16.0 Å². The molecule has 0 N–H and O–H groups in total. The number of pyridine rings is 1. The molecular weight excluding hydrogens is 324 g/mol. The van der Waals surface area contributed by atoms with Crippen LogP contribution < -0.4 is 0 Å². The minimum Gasteiger partial charge on any atom is -0.464 e. The second kappa shape index (κ2) is 8.06. The van der Waals surface area contributed by atoms with Crippen LogP contribution in [0.3, 0.4) is 0 Å². The Hall–Kier alpha value is -2.21. The molecule has 1 amide bonds. The van der Waals surface area contributed by atoms with E-state index in [-0.39, 0.29) is 11.9 Å². The normalized spacial score (nSPS) is 17.0. The number of carbonyl (C=O) groups excluding carboxylic acids is 2. The average molecular weight is 344 g/mol. The molecule has 0 spiro atoms. The molecule has 3 rings (SSSR count). The van der Waals surface area contributed by atoms with Gasteiger partial charge in [-0.25, -0.2) is 4.79 Å². The molecule has 6 heteroatoms. The van der Waals surface area contributed by atoms with E-state index in [0.717, 1.165) is 19.3 Å². The molecule has 1 aliphatic heterocycles. The molecule has 24 heavy (non-hydrogen) atoms. The summed E-state index contributed by atoms with van der Waals surface area (Å²) in [6, 6.07) is 7.11. The van der Waals surface area contributed by atoms with Crippen LogP contribution >= 0.6 is 11.3 Å². The molecule has 0 aliphatic carbocycles. The van der Waals surface area contributed by atoms with Crippen LogP contribution in [0.5, 0.6) is 0 Å². The van der Waals surface area contributed by atoms with Crippen LogP contribution in [0, 0.1) is 0 Å². The summed E-state index contributed by atoms with van der Waals surface area (Å²) < 4.78 is 5.40. The lowest BCUT2D eigenvalue weighted by atomic mass is 10.1. The highest BCUT2D eigenvalue weighted by atomic mass is 32.1. The van der Waals surface area contributed by atoms with Crippen molar-refractivity contribution in [1.82, 2.24) is 9.88 Å². The quantitative estimate of drug-likeness (QED) is 0.597. The molecule has 2 aromatic heterocycles. The Balaban J connectivity index is 1.48. The fourth-order valence-corrected chi connectivity index (χ4v) is 3.57. The van der Waals surface area contributed by atoms with Gasteiger partial charge in [-0.3, -0.25) is 9.78 Å². The highest BCUT2D eigenvalue weighted by Gasteiger charge is 2.35. The van der Waals surface area contributed by atoms with Crippen molar-refractivity contribution < 1.29 is 14.3 Å². The number of ether oxygens (including phenoxy) is 1. The summed E-state index contributed by atoms with van der Waals surface area (Å²) in [6.45, 7) is 0.992. The predicted molar refractivity (Wildman–Crippen MR) is 91.9 cm³/mol. The van der Waals surface area contributed by atoms with Gasteiger partial charge in [0.1, 0.15) is 6.04 Å². The monoisotopic (exact) mass is 344 g/mol. The van der Waals surface area contributed by atoms with Crippen LogP contribution in [-0.4, -0.2) is 41.0 Å². The molecule has 3 heterocycles. The fraction of sp³-hybridized carbons (Fsp3) is 0.389. The van der Waals surface area contributed by atoms with E-state index in [1.165, 1.54) is 16.9 Å². The number of aromatic nitrogens is 1. The van der Waals surface area contributed by atoms with E-state index in [1.807, 2.05) is 23.6 Å². The summed E-state index contributed by atoms with van der Waals surface area (Å²) >= 11 is 1.40. The van der Waals surface area contributed by atoms with Crippen molar-refractivity contribution >= 4 is 23.2 Å². The van der Waals surface area contributed by atoms with Crippen molar-refractivity contribution in [3.8, 4) is 0 Å². The SMILES string of the molecule is O=C(OCCCc1ccncc1)C1CCCN1C(=O)c1cccs1. The van der Waals surface area contributed by atoms with Gasteiger partial charge in [-0.05, 0) is 54.8 Å². The number of nitrogens with zero attached hydrogens (tertiary/aromatic N) is 2. The van der Waals surface area contributed by atoms with Gasteiger partial charge in [-0.2, -0.15) is 0 Å². The number of rotatable bonds is 6. The number of amides is 1. The minimum absolute atomic E-state index is 0.0683. The summed E-state index contributed by atoms with van der Waals surface area (Å²) in [6.07, 6.45) is 6.65. The number of hydrogen-bond donors (Lipinski definition) is 0. The zero-order chi connectivity index (χ0) is 16.8. The van der Waals surface area contributed by atoms with Gasteiger partial charge in [0.2, 0.25) is 0 Å². The predicted octanol–water partition coefficient (Wildman–Crippen LogP) is 2.92. The molecule has 0 aromatic carbocycles. The van der Waals surface area contributed by atoms with E-state index < -0.39 is 6.04 Å². The lowest BCUT2D eigenvalue weighted by Gasteiger charge is -2.22. The van der Waals surface area contributed by atoms with Gasteiger partial charge in [0.15, 0.2) is 0 Å². The smallest absolute Gasteiger partial charge is 0.328 e. The molecule has 1 fully saturated rings. The number of esters is 1. The van der Waals surface area contributed by atoms with Gasteiger partial charge in [0.05, 0.1) is 11.5 Å². The zero-order valence-electron chi connectivity index (χ0n) is 13.4. The number of thiophene rings is 1. The summed E-state index contributed by atoms with van der Waals surface area (Å²) in [7, 11) is 0. The molecular formula is C18H20N2O3S. The van der Waals surface area contributed by atoms with Gasteiger partial charge in [-0.1, -0.05) is 6.07 Å².